The minimum Gasteiger partial charge on any atom is -0.379 e. The molecular formula is C19H22ClF3N6O. The van der Waals surface area contributed by atoms with Gasteiger partial charge in [-0.1, -0.05) is 11.6 Å². The van der Waals surface area contributed by atoms with Crippen molar-refractivity contribution < 1.29 is 18.0 Å². The van der Waals surface area contributed by atoms with E-state index in [1.54, 1.807) is 20.8 Å². The number of hydrogen-bond donors (Lipinski definition) is 2. The molecule has 1 unspecified atom stereocenters. The molecule has 3 N–H and O–H groups in total. The molecule has 2 heterocycles. The zero-order chi connectivity index (χ0) is 22.4. The number of nitrogens with two attached hydrogens (primary N) is 1. The molecule has 1 aliphatic rings. The summed E-state index contributed by atoms with van der Waals surface area (Å²) in [7, 11) is 1.51. The number of hydrogen-bond acceptors (Lipinski definition) is 5. The number of aliphatic imine (C=N–C) groups is 1. The fourth-order valence-corrected chi connectivity index (χ4v) is 3.60. The summed E-state index contributed by atoms with van der Waals surface area (Å²) in [5.74, 6) is -0.853. The number of alkyl halides is 2. The molecule has 0 aliphatic carbocycles. The van der Waals surface area contributed by atoms with Gasteiger partial charge in [-0.3, -0.25) is 9.69 Å². The number of nitrogens with zero attached hydrogens (tertiary/aromatic N) is 4. The standard InChI is InChI=1S/C19H22ClF3N6O/c1-18(2)15(30)28(4)17(24)26-19(18,3)11-7-10(5-6-13(11)21)25-8-14-12(20)9-29(27-14)16(22)23/h5-7,9,16,25H,8H2,1-4H3,(H2,24,26). The van der Waals surface area contributed by atoms with Gasteiger partial charge in [-0.05, 0) is 39.0 Å². The third-order valence-corrected chi connectivity index (χ3v) is 5.96. The first-order chi connectivity index (χ1) is 13.9. The zero-order valence-corrected chi connectivity index (χ0v) is 17.6. The van der Waals surface area contributed by atoms with Gasteiger partial charge in [0.15, 0.2) is 5.96 Å². The van der Waals surface area contributed by atoms with Crippen LogP contribution in [-0.2, 0) is 16.9 Å². The average Bonchev–Trinajstić information content (AvgIpc) is 3.05. The van der Waals surface area contributed by atoms with Crippen LogP contribution in [-0.4, -0.2) is 33.6 Å². The molecule has 1 aliphatic heterocycles. The number of anilines is 1. The molecule has 1 amide bonds. The lowest BCUT2D eigenvalue weighted by Gasteiger charge is -2.46. The van der Waals surface area contributed by atoms with Crippen LogP contribution < -0.4 is 11.1 Å². The Labute approximate surface area is 176 Å². The lowest BCUT2D eigenvalue weighted by atomic mass is 9.67. The molecule has 0 saturated heterocycles. The highest BCUT2D eigenvalue weighted by Gasteiger charge is 2.53. The SMILES string of the molecule is CN1C(=O)C(C)(C)C(C)(c2cc(NCc3nn(C(F)F)cc3Cl)ccc2F)N=C1N. The van der Waals surface area contributed by atoms with Crippen LogP contribution in [0.15, 0.2) is 29.4 Å². The molecule has 0 spiro atoms. The van der Waals surface area contributed by atoms with E-state index in [9.17, 15) is 18.0 Å². The molecule has 1 aromatic heterocycles. The van der Waals surface area contributed by atoms with E-state index >= 15 is 0 Å². The van der Waals surface area contributed by atoms with Gasteiger partial charge in [0, 0.05) is 24.5 Å². The second-order valence-corrected chi connectivity index (χ2v) is 8.17. The van der Waals surface area contributed by atoms with Crippen molar-refractivity contribution in [3.05, 3.63) is 46.5 Å². The van der Waals surface area contributed by atoms with Crippen molar-refractivity contribution >= 4 is 29.2 Å². The van der Waals surface area contributed by atoms with E-state index in [1.807, 2.05) is 0 Å². The first kappa shape index (κ1) is 21.9. The Kier molecular flexibility index (Phi) is 5.48. The van der Waals surface area contributed by atoms with Gasteiger partial charge in [0.2, 0.25) is 5.91 Å². The van der Waals surface area contributed by atoms with Gasteiger partial charge in [-0.15, -0.1) is 0 Å². The molecule has 3 rings (SSSR count). The van der Waals surface area contributed by atoms with Gasteiger partial charge in [-0.25, -0.2) is 14.1 Å². The lowest BCUT2D eigenvalue weighted by Crippen LogP contribution is -2.58. The number of guanidine groups is 1. The van der Waals surface area contributed by atoms with E-state index < -0.39 is 23.3 Å². The predicted molar refractivity (Wildman–Crippen MR) is 108 cm³/mol. The molecule has 162 valence electrons. The summed E-state index contributed by atoms with van der Waals surface area (Å²) in [6.45, 7) is 2.24. The van der Waals surface area contributed by atoms with Gasteiger partial charge in [-0.2, -0.15) is 13.9 Å². The van der Waals surface area contributed by atoms with E-state index in [1.165, 1.54) is 30.1 Å². The minimum atomic E-state index is -2.80. The van der Waals surface area contributed by atoms with E-state index in [2.05, 4.69) is 15.4 Å². The Morgan fingerprint density at radius 3 is 2.57 bits per heavy atom. The van der Waals surface area contributed by atoms with Crippen molar-refractivity contribution in [2.24, 2.45) is 16.1 Å². The highest BCUT2D eigenvalue weighted by Crippen LogP contribution is 2.47. The summed E-state index contributed by atoms with van der Waals surface area (Å²) in [5, 5.41) is 6.80. The van der Waals surface area contributed by atoms with Crippen LogP contribution in [0.3, 0.4) is 0 Å². The average molecular weight is 443 g/mol. The number of nitrogens with one attached hydrogen (secondary N) is 1. The second kappa shape index (κ2) is 7.50. The molecule has 30 heavy (non-hydrogen) atoms. The maximum absolute atomic E-state index is 14.8. The number of amides is 1. The molecule has 0 saturated carbocycles. The maximum atomic E-state index is 14.8. The molecule has 1 aromatic carbocycles. The van der Waals surface area contributed by atoms with Crippen LogP contribution in [0.2, 0.25) is 5.02 Å². The van der Waals surface area contributed by atoms with Crippen LogP contribution in [0.5, 0.6) is 0 Å². The van der Waals surface area contributed by atoms with E-state index in [4.69, 9.17) is 17.3 Å². The number of carbonyl (C=O) groups is 1. The van der Waals surface area contributed by atoms with E-state index in [-0.39, 0.29) is 34.7 Å². The van der Waals surface area contributed by atoms with Crippen LogP contribution in [0.1, 0.15) is 38.6 Å². The molecule has 0 fully saturated rings. The quantitative estimate of drug-likeness (QED) is 0.738. The number of benzene rings is 1. The smallest absolute Gasteiger partial charge is 0.333 e. The van der Waals surface area contributed by atoms with Crippen LogP contribution in [0.4, 0.5) is 18.9 Å². The van der Waals surface area contributed by atoms with Crippen molar-refractivity contribution in [3.63, 3.8) is 0 Å². The van der Waals surface area contributed by atoms with Gasteiger partial charge in [0.25, 0.3) is 0 Å². The molecular weight excluding hydrogens is 421 g/mol. The van der Waals surface area contributed by atoms with Gasteiger partial charge < -0.3 is 11.1 Å². The third-order valence-electron chi connectivity index (χ3n) is 5.65. The minimum absolute atomic E-state index is 0.0103. The van der Waals surface area contributed by atoms with E-state index in [0.29, 0.717) is 10.4 Å². The van der Waals surface area contributed by atoms with Crippen LogP contribution in [0.25, 0.3) is 0 Å². The maximum Gasteiger partial charge on any atom is 0.333 e. The number of rotatable bonds is 5. The number of carbonyl (C=O) groups excluding carboxylic acids is 1. The van der Waals surface area contributed by atoms with Gasteiger partial charge >= 0.3 is 6.55 Å². The topological polar surface area (TPSA) is 88.5 Å². The highest BCUT2D eigenvalue weighted by molar-refractivity contribution is 6.31. The van der Waals surface area contributed by atoms with Gasteiger partial charge in [0.1, 0.15) is 17.1 Å². The Hall–Kier alpha value is -2.75. The second-order valence-electron chi connectivity index (χ2n) is 7.76. The number of halogens is 4. The molecule has 0 bridgehead atoms. The van der Waals surface area contributed by atoms with Gasteiger partial charge in [0.05, 0.1) is 17.0 Å². The summed E-state index contributed by atoms with van der Waals surface area (Å²) in [4.78, 5) is 18.5. The highest BCUT2D eigenvalue weighted by atomic mass is 35.5. The molecule has 2 aromatic rings. The summed E-state index contributed by atoms with van der Waals surface area (Å²) in [5.41, 5.74) is 4.42. The van der Waals surface area contributed by atoms with Crippen LogP contribution >= 0.6 is 11.6 Å². The van der Waals surface area contributed by atoms with Crippen molar-refractivity contribution in [1.82, 2.24) is 14.7 Å². The molecule has 7 nitrogen and oxygen atoms in total. The third kappa shape index (κ3) is 3.49. The Balaban J connectivity index is 1.95. The molecule has 0 radical (unpaired) electrons. The summed E-state index contributed by atoms with van der Waals surface area (Å²) < 4.78 is 40.8. The Morgan fingerprint density at radius 1 is 1.30 bits per heavy atom. The Morgan fingerprint density at radius 2 is 1.97 bits per heavy atom. The van der Waals surface area contributed by atoms with Crippen molar-refractivity contribution in [3.8, 4) is 0 Å². The predicted octanol–water partition coefficient (Wildman–Crippen LogP) is 3.71. The van der Waals surface area contributed by atoms with Crippen molar-refractivity contribution in [1.29, 1.82) is 0 Å². The first-order valence-corrected chi connectivity index (χ1v) is 9.45. The van der Waals surface area contributed by atoms with E-state index in [0.717, 1.165) is 6.20 Å². The lowest BCUT2D eigenvalue weighted by molar-refractivity contribution is -0.140. The monoisotopic (exact) mass is 442 g/mol. The zero-order valence-electron chi connectivity index (χ0n) is 16.9. The fraction of sp³-hybridized carbons (Fsp3) is 0.421. The first-order valence-electron chi connectivity index (χ1n) is 9.07. The summed E-state index contributed by atoms with van der Waals surface area (Å²) >= 11 is 5.95. The van der Waals surface area contributed by atoms with Crippen molar-refractivity contribution in [2.75, 3.05) is 12.4 Å². The summed E-state index contributed by atoms with van der Waals surface area (Å²) in [6, 6.07) is 4.24. The molecule has 1 atom stereocenters. The summed E-state index contributed by atoms with van der Waals surface area (Å²) in [6.07, 6.45) is 1.03. The van der Waals surface area contributed by atoms with Crippen molar-refractivity contribution in [2.45, 2.75) is 39.4 Å². The largest absolute Gasteiger partial charge is 0.379 e. The van der Waals surface area contributed by atoms with Crippen LogP contribution in [0, 0.1) is 11.2 Å². The number of aromatic nitrogens is 2. The fourth-order valence-electron chi connectivity index (χ4n) is 3.39. The molecule has 11 heteroatoms. The Bertz CT molecular complexity index is 1020. The normalized spacial score (nSPS) is 21.2.